The summed E-state index contributed by atoms with van der Waals surface area (Å²) in [6.07, 6.45) is 0. The van der Waals surface area contributed by atoms with Gasteiger partial charge in [-0.05, 0) is 43.2 Å². The summed E-state index contributed by atoms with van der Waals surface area (Å²) in [7, 11) is 0. The van der Waals surface area contributed by atoms with Crippen molar-refractivity contribution in [3.8, 4) is 34.6 Å². The molecule has 32 heavy (non-hydrogen) atoms. The van der Waals surface area contributed by atoms with Gasteiger partial charge in [-0.15, -0.1) is 10.2 Å². The van der Waals surface area contributed by atoms with Crippen LogP contribution in [0.4, 0.5) is 0 Å². The van der Waals surface area contributed by atoms with E-state index in [1.54, 1.807) is 6.92 Å². The number of amides is 1. The standard InChI is InChI=1S/C23H23N5O3S/c1-15(2)23(3,13-24)25-20(29)12-32-22-27-26-21(28(22)17-7-5-4-6-8-17)16-9-10-18-19(11-16)31-14-30-18/h4-11,15H,12,14H2,1-3H3,(H,25,29). The van der Waals surface area contributed by atoms with Crippen LogP contribution in [0.1, 0.15) is 20.8 Å². The van der Waals surface area contributed by atoms with Gasteiger partial charge in [0.05, 0.1) is 11.8 Å². The van der Waals surface area contributed by atoms with Gasteiger partial charge in [-0.25, -0.2) is 0 Å². The summed E-state index contributed by atoms with van der Waals surface area (Å²) in [5, 5.41) is 21.6. The van der Waals surface area contributed by atoms with Crippen molar-refractivity contribution in [2.24, 2.45) is 5.92 Å². The fourth-order valence-corrected chi connectivity index (χ4v) is 3.90. The summed E-state index contributed by atoms with van der Waals surface area (Å²) in [4.78, 5) is 12.6. The molecular weight excluding hydrogens is 426 g/mol. The number of nitrogens with zero attached hydrogens (tertiary/aromatic N) is 4. The van der Waals surface area contributed by atoms with E-state index in [2.05, 4.69) is 21.6 Å². The highest BCUT2D eigenvalue weighted by Gasteiger charge is 2.30. The van der Waals surface area contributed by atoms with Gasteiger partial charge in [-0.1, -0.05) is 43.8 Å². The molecule has 0 aliphatic carbocycles. The number of nitrogens with one attached hydrogen (secondary N) is 1. The smallest absolute Gasteiger partial charge is 0.231 e. The lowest BCUT2D eigenvalue weighted by Gasteiger charge is -2.27. The van der Waals surface area contributed by atoms with Crippen molar-refractivity contribution >= 4 is 17.7 Å². The van der Waals surface area contributed by atoms with Crippen molar-refractivity contribution in [2.45, 2.75) is 31.5 Å². The zero-order valence-corrected chi connectivity index (χ0v) is 18.8. The average Bonchev–Trinajstić information content (AvgIpc) is 3.44. The Balaban J connectivity index is 1.62. The second-order valence-electron chi connectivity index (χ2n) is 7.85. The van der Waals surface area contributed by atoms with E-state index in [1.165, 1.54) is 11.8 Å². The van der Waals surface area contributed by atoms with Crippen LogP contribution in [0.15, 0.2) is 53.7 Å². The van der Waals surface area contributed by atoms with Crippen LogP contribution in [0.2, 0.25) is 0 Å². The molecule has 1 unspecified atom stereocenters. The van der Waals surface area contributed by atoms with E-state index in [1.807, 2.05) is 66.9 Å². The highest BCUT2D eigenvalue weighted by molar-refractivity contribution is 7.99. The van der Waals surface area contributed by atoms with E-state index in [9.17, 15) is 10.1 Å². The van der Waals surface area contributed by atoms with E-state index >= 15 is 0 Å². The first-order valence-electron chi connectivity index (χ1n) is 10.2. The van der Waals surface area contributed by atoms with Gasteiger partial charge >= 0.3 is 0 Å². The number of thioether (sulfide) groups is 1. The van der Waals surface area contributed by atoms with Crippen molar-refractivity contribution in [3.05, 3.63) is 48.5 Å². The number of benzene rings is 2. The molecule has 2 aromatic carbocycles. The number of rotatable bonds is 7. The van der Waals surface area contributed by atoms with Crippen LogP contribution in [0.25, 0.3) is 17.1 Å². The summed E-state index contributed by atoms with van der Waals surface area (Å²) in [5.74, 6) is 1.82. The lowest BCUT2D eigenvalue weighted by molar-refractivity contribution is -0.120. The first-order chi connectivity index (χ1) is 15.4. The molecule has 1 atom stereocenters. The second kappa shape index (κ2) is 8.93. The first kappa shape index (κ1) is 21.7. The molecule has 1 amide bonds. The molecule has 3 aromatic rings. The van der Waals surface area contributed by atoms with Gasteiger partial charge < -0.3 is 14.8 Å². The van der Waals surface area contributed by atoms with Crippen LogP contribution in [0.3, 0.4) is 0 Å². The van der Waals surface area contributed by atoms with Crippen LogP contribution < -0.4 is 14.8 Å². The Morgan fingerprint density at radius 3 is 2.69 bits per heavy atom. The third-order valence-corrected chi connectivity index (χ3v) is 6.33. The van der Waals surface area contributed by atoms with E-state index in [0.29, 0.717) is 22.5 Å². The van der Waals surface area contributed by atoms with Crippen LogP contribution in [0, 0.1) is 17.2 Å². The normalized spacial score (nSPS) is 14.1. The van der Waals surface area contributed by atoms with Gasteiger partial charge in [-0.2, -0.15) is 5.26 Å². The number of nitriles is 1. The van der Waals surface area contributed by atoms with Crippen LogP contribution in [-0.4, -0.2) is 38.8 Å². The number of hydrogen-bond acceptors (Lipinski definition) is 7. The van der Waals surface area contributed by atoms with E-state index in [-0.39, 0.29) is 24.4 Å². The molecule has 164 valence electrons. The third-order valence-electron chi connectivity index (χ3n) is 5.40. The molecule has 1 aliphatic heterocycles. The molecule has 0 fully saturated rings. The Morgan fingerprint density at radius 2 is 1.97 bits per heavy atom. The molecule has 4 rings (SSSR count). The van der Waals surface area contributed by atoms with Crippen LogP contribution in [-0.2, 0) is 4.79 Å². The maximum absolute atomic E-state index is 12.6. The van der Waals surface area contributed by atoms with Crippen molar-refractivity contribution in [2.75, 3.05) is 12.5 Å². The third kappa shape index (κ3) is 4.27. The Kier molecular flexibility index (Phi) is 6.06. The molecule has 1 N–H and O–H groups in total. The van der Waals surface area contributed by atoms with Gasteiger partial charge in [0.2, 0.25) is 12.7 Å². The molecule has 0 radical (unpaired) electrons. The Labute approximate surface area is 190 Å². The maximum atomic E-state index is 12.6. The number of carbonyl (C=O) groups is 1. The van der Waals surface area contributed by atoms with Gasteiger partial charge in [0, 0.05) is 11.3 Å². The van der Waals surface area contributed by atoms with Crippen molar-refractivity contribution in [1.29, 1.82) is 5.26 Å². The number of carbonyl (C=O) groups excluding carboxylic acids is 1. The molecule has 2 heterocycles. The molecule has 1 aromatic heterocycles. The van der Waals surface area contributed by atoms with Crippen molar-refractivity contribution < 1.29 is 14.3 Å². The number of fused-ring (bicyclic) bond motifs is 1. The summed E-state index contributed by atoms with van der Waals surface area (Å²) >= 11 is 1.27. The van der Waals surface area contributed by atoms with E-state index < -0.39 is 5.54 Å². The van der Waals surface area contributed by atoms with Gasteiger partial charge in [0.25, 0.3) is 0 Å². The quantitative estimate of drug-likeness (QED) is 0.547. The fraction of sp³-hybridized carbons (Fsp3) is 0.304. The fourth-order valence-electron chi connectivity index (χ4n) is 3.15. The minimum atomic E-state index is -0.928. The molecule has 1 aliphatic rings. The average molecular weight is 450 g/mol. The minimum Gasteiger partial charge on any atom is -0.454 e. The summed E-state index contributed by atoms with van der Waals surface area (Å²) in [6.45, 7) is 5.73. The maximum Gasteiger partial charge on any atom is 0.231 e. The summed E-state index contributed by atoms with van der Waals surface area (Å²) < 4.78 is 12.8. The molecule has 0 spiro atoms. The minimum absolute atomic E-state index is 0.0213. The highest BCUT2D eigenvalue weighted by Crippen LogP contribution is 2.37. The van der Waals surface area contributed by atoms with Crippen molar-refractivity contribution in [1.82, 2.24) is 20.1 Å². The molecule has 0 saturated heterocycles. The molecular formula is C23H23N5O3S. The van der Waals surface area contributed by atoms with Crippen LogP contribution >= 0.6 is 11.8 Å². The van der Waals surface area contributed by atoms with Gasteiger partial charge in [-0.3, -0.25) is 9.36 Å². The topological polar surface area (TPSA) is 102 Å². The SMILES string of the molecule is CC(C)C(C)(C#N)NC(=O)CSc1nnc(-c2ccc3c(c2)OCO3)n1-c1ccccc1. The highest BCUT2D eigenvalue weighted by atomic mass is 32.2. The lowest BCUT2D eigenvalue weighted by Crippen LogP contribution is -2.49. The zero-order valence-electron chi connectivity index (χ0n) is 18.0. The Morgan fingerprint density at radius 1 is 1.22 bits per heavy atom. The predicted octanol–water partition coefficient (Wildman–Crippen LogP) is 3.81. The molecule has 0 bridgehead atoms. The number of hydrogen-bond donors (Lipinski definition) is 1. The summed E-state index contributed by atoms with van der Waals surface area (Å²) in [6, 6.07) is 17.5. The monoisotopic (exact) mass is 449 g/mol. The Bertz CT molecular complexity index is 1170. The number of aromatic nitrogens is 3. The van der Waals surface area contributed by atoms with Gasteiger partial charge in [0.15, 0.2) is 22.5 Å². The molecule has 8 nitrogen and oxygen atoms in total. The Hall–Kier alpha value is -3.51. The molecule has 0 saturated carbocycles. The second-order valence-corrected chi connectivity index (χ2v) is 8.79. The predicted molar refractivity (Wildman–Crippen MR) is 121 cm³/mol. The largest absolute Gasteiger partial charge is 0.454 e. The lowest BCUT2D eigenvalue weighted by atomic mass is 9.90. The van der Waals surface area contributed by atoms with Crippen LogP contribution in [0.5, 0.6) is 11.5 Å². The number of para-hydroxylation sites is 1. The first-order valence-corrected chi connectivity index (χ1v) is 11.2. The van der Waals surface area contributed by atoms with E-state index in [0.717, 1.165) is 11.3 Å². The summed E-state index contributed by atoms with van der Waals surface area (Å²) in [5.41, 5.74) is 0.762. The van der Waals surface area contributed by atoms with Crippen molar-refractivity contribution in [3.63, 3.8) is 0 Å². The number of ether oxygens (including phenoxy) is 2. The van der Waals surface area contributed by atoms with Gasteiger partial charge in [0.1, 0.15) is 5.54 Å². The zero-order chi connectivity index (χ0) is 22.7. The van der Waals surface area contributed by atoms with E-state index in [4.69, 9.17) is 9.47 Å². The molecule has 9 heteroatoms.